The highest BCUT2D eigenvalue weighted by Gasteiger charge is 2.26. The molecule has 2 amide bonds. The largest absolute Gasteiger partial charge is 0.339 e. The molecule has 2 heterocycles. The van der Waals surface area contributed by atoms with Gasteiger partial charge in [0.25, 0.3) is 5.91 Å². The van der Waals surface area contributed by atoms with E-state index in [2.05, 4.69) is 9.71 Å². The molecular weight excluding hydrogens is 404 g/mol. The quantitative estimate of drug-likeness (QED) is 0.745. The number of amides is 2. The number of piperazine rings is 1. The van der Waals surface area contributed by atoms with Crippen molar-refractivity contribution < 1.29 is 18.0 Å². The number of nitrogens with zero attached hydrogens (tertiary/aromatic N) is 3. The van der Waals surface area contributed by atoms with Crippen LogP contribution >= 0.6 is 0 Å². The van der Waals surface area contributed by atoms with E-state index >= 15 is 0 Å². The lowest BCUT2D eigenvalue weighted by atomic mass is 10.1. The van der Waals surface area contributed by atoms with Gasteiger partial charge >= 0.3 is 0 Å². The number of nitrogens with one attached hydrogen (secondary N) is 1. The van der Waals surface area contributed by atoms with E-state index in [0.29, 0.717) is 37.4 Å². The van der Waals surface area contributed by atoms with Crippen molar-refractivity contribution >= 4 is 21.8 Å². The zero-order valence-electron chi connectivity index (χ0n) is 17.1. The van der Waals surface area contributed by atoms with Gasteiger partial charge in [0.2, 0.25) is 15.9 Å². The summed E-state index contributed by atoms with van der Waals surface area (Å²) < 4.78 is 27.3. The number of sulfonamides is 1. The van der Waals surface area contributed by atoms with Gasteiger partial charge in [0.15, 0.2) is 0 Å². The highest BCUT2D eigenvalue weighted by atomic mass is 32.2. The molecule has 1 saturated heterocycles. The minimum atomic E-state index is -3.68. The van der Waals surface area contributed by atoms with Gasteiger partial charge in [0, 0.05) is 49.7 Å². The van der Waals surface area contributed by atoms with E-state index in [-0.39, 0.29) is 29.2 Å². The molecule has 1 fully saturated rings. The van der Waals surface area contributed by atoms with Crippen molar-refractivity contribution in [1.82, 2.24) is 19.5 Å². The topological polar surface area (TPSA) is 99.7 Å². The standard InChI is InChI=1S/C21H26N4O4S/c1-16(2)23-30(28,29)19-8-5-6-17(14-19)21(27)25-12-10-24(11-13-25)20(26)15-18-7-3-4-9-22-18/h3-9,14,16,23H,10-13,15H2,1-2H3. The zero-order valence-corrected chi connectivity index (χ0v) is 17.9. The van der Waals surface area contributed by atoms with E-state index in [0.717, 1.165) is 0 Å². The Morgan fingerprint density at radius 2 is 1.73 bits per heavy atom. The normalized spacial score (nSPS) is 14.8. The summed E-state index contributed by atoms with van der Waals surface area (Å²) in [5.74, 6) is -0.262. The summed E-state index contributed by atoms with van der Waals surface area (Å²) in [6.07, 6.45) is 1.89. The van der Waals surface area contributed by atoms with E-state index in [1.165, 1.54) is 12.1 Å². The highest BCUT2D eigenvalue weighted by Crippen LogP contribution is 2.15. The molecule has 9 heteroatoms. The summed E-state index contributed by atoms with van der Waals surface area (Å²) in [7, 11) is -3.68. The molecule has 1 aromatic heterocycles. The first-order chi connectivity index (χ1) is 14.3. The molecule has 2 aromatic rings. The number of benzene rings is 1. The van der Waals surface area contributed by atoms with Crippen molar-refractivity contribution in [2.75, 3.05) is 26.2 Å². The average molecular weight is 431 g/mol. The van der Waals surface area contributed by atoms with Gasteiger partial charge in [-0.3, -0.25) is 14.6 Å². The Morgan fingerprint density at radius 3 is 2.37 bits per heavy atom. The maximum Gasteiger partial charge on any atom is 0.254 e. The molecule has 0 spiro atoms. The second-order valence-electron chi connectivity index (χ2n) is 7.47. The van der Waals surface area contributed by atoms with Gasteiger partial charge in [-0.05, 0) is 44.2 Å². The van der Waals surface area contributed by atoms with Crippen LogP contribution in [0, 0.1) is 0 Å². The van der Waals surface area contributed by atoms with E-state index in [9.17, 15) is 18.0 Å². The predicted octanol–water partition coefficient (Wildman–Crippen LogP) is 1.30. The Labute approximate surface area is 177 Å². The summed E-state index contributed by atoms with van der Waals surface area (Å²) >= 11 is 0. The first-order valence-corrected chi connectivity index (χ1v) is 11.3. The number of carbonyl (C=O) groups excluding carboxylic acids is 2. The second-order valence-corrected chi connectivity index (χ2v) is 9.19. The monoisotopic (exact) mass is 430 g/mol. The predicted molar refractivity (Wildman–Crippen MR) is 112 cm³/mol. The van der Waals surface area contributed by atoms with Crippen LogP contribution in [0.2, 0.25) is 0 Å². The van der Waals surface area contributed by atoms with Crippen LogP contribution < -0.4 is 4.72 Å². The number of carbonyl (C=O) groups is 2. The number of rotatable bonds is 6. The third-order valence-corrected chi connectivity index (χ3v) is 6.42. The summed E-state index contributed by atoms with van der Waals surface area (Å²) in [5.41, 5.74) is 1.03. The maximum absolute atomic E-state index is 12.9. The first-order valence-electron chi connectivity index (χ1n) is 9.85. The van der Waals surface area contributed by atoms with Crippen LogP contribution in [0.3, 0.4) is 0 Å². The summed E-state index contributed by atoms with van der Waals surface area (Å²) in [4.78, 5) is 32.9. The van der Waals surface area contributed by atoms with Gasteiger partial charge in [-0.1, -0.05) is 12.1 Å². The van der Waals surface area contributed by atoms with Gasteiger partial charge in [0.05, 0.1) is 11.3 Å². The van der Waals surface area contributed by atoms with Crippen molar-refractivity contribution in [2.24, 2.45) is 0 Å². The van der Waals surface area contributed by atoms with Gasteiger partial charge in [-0.15, -0.1) is 0 Å². The number of aromatic nitrogens is 1. The number of pyridine rings is 1. The molecule has 0 unspecified atom stereocenters. The molecule has 3 rings (SSSR count). The lowest BCUT2D eigenvalue weighted by Gasteiger charge is -2.35. The molecule has 8 nitrogen and oxygen atoms in total. The van der Waals surface area contributed by atoms with Crippen molar-refractivity contribution in [3.05, 3.63) is 59.9 Å². The van der Waals surface area contributed by atoms with Crippen LogP contribution in [0.15, 0.2) is 53.6 Å². The molecule has 0 saturated carbocycles. The van der Waals surface area contributed by atoms with E-state index in [1.54, 1.807) is 48.0 Å². The van der Waals surface area contributed by atoms with Crippen molar-refractivity contribution in [3.63, 3.8) is 0 Å². The Balaban J connectivity index is 1.61. The molecule has 0 aliphatic carbocycles. The van der Waals surface area contributed by atoms with E-state index in [1.807, 2.05) is 12.1 Å². The van der Waals surface area contributed by atoms with Crippen LogP contribution in [-0.2, 0) is 21.2 Å². The molecule has 1 aliphatic heterocycles. The molecule has 0 bridgehead atoms. The van der Waals surface area contributed by atoms with Gasteiger partial charge in [-0.2, -0.15) is 0 Å². The molecule has 160 valence electrons. The average Bonchev–Trinajstić information content (AvgIpc) is 2.73. The third kappa shape index (κ3) is 5.43. The fourth-order valence-corrected chi connectivity index (χ4v) is 4.58. The van der Waals surface area contributed by atoms with E-state index < -0.39 is 10.0 Å². The summed E-state index contributed by atoms with van der Waals surface area (Å²) in [6.45, 7) is 5.14. The fraction of sp³-hybridized carbons (Fsp3) is 0.381. The van der Waals surface area contributed by atoms with Crippen LogP contribution in [0.5, 0.6) is 0 Å². The maximum atomic E-state index is 12.9. The van der Waals surface area contributed by atoms with Crippen LogP contribution in [0.25, 0.3) is 0 Å². The van der Waals surface area contributed by atoms with Crippen LogP contribution in [0.4, 0.5) is 0 Å². The first kappa shape index (κ1) is 21.9. The molecular formula is C21H26N4O4S. The van der Waals surface area contributed by atoms with E-state index in [4.69, 9.17) is 0 Å². The number of hydrogen-bond acceptors (Lipinski definition) is 5. The minimum absolute atomic E-state index is 0.0198. The third-order valence-electron chi connectivity index (χ3n) is 4.76. The highest BCUT2D eigenvalue weighted by molar-refractivity contribution is 7.89. The Hall–Kier alpha value is -2.78. The SMILES string of the molecule is CC(C)NS(=O)(=O)c1cccc(C(=O)N2CCN(C(=O)Cc3ccccn3)CC2)c1. The van der Waals surface area contributed by atoms with Gasteiger partial charge < -0.3 is 9.80 Å². The van der Waals surface area contributed by atoms with Gasteiger partial charge in [0.1, 0.15) is 0 Å². The number of hydrogen-bond donors (Lipinski definition) is 1. The van der Waals surface area contributed by atoms with Gasteiger partial charge in [-0.25, -0.2) is 13.1 Å². The minimum Gasteiger partial charge on any atom is -0.339 e. The lowest BCUT2D eigenvalue weighted by Crippen LogP contribution is -2.51. The molecule has 1 aromatic carbocycles. The molecule has 0 radical (unpaired) electrons. The van der Waals surface area contributed by atoms with Crippen molar-refractivity contribution in [2.45, 2.75) is 31.2 Å². The molecule has 1 N–H and O–H groups in total. The van der Waals surface area contributed by atoms with Crippen molar-refractivity contribution in [3.8, 4) is 0 Å². The lowest BCUT2D eigenvalue weighted by molar-refractivity contribution is -0.132. The van der Waals surface area contributed by atoms with Crippen molar-refractivity contribution in [1.29, 1.82) is 0 Å². The van der Waals surface area contributed by atoms with Crippen LogP contribution in [0.1, 0.15) is 29.9 Å². The second kappa shape index (κ2) is 9.36. The molecule has 1 aliphatic rings. The smallest absolute Gasteiger partial charge is 0.254 e. The molecule has 0 atom stereocenters. The fourth-order valence-electron chi connectivity index (χ4n) is 3.29. The summed E-state index contributed by atoms with van der Waals surface area (Å²) in [5, 5.41) is 0. The molecule has 30 heavy (non-hydrogen) atoms. The summed E-state index contributed by atoms with van der Waals surface area (Å²) in [6, 6.07) is 11.2. The Morgan fingerprint density at radius 1 is 1.03 bits per heavy atom. The van der Waals surface area contributed by atoms with Crippen LogP contribution in [-0.4, -0.2) is 67.2 Å². The zero-order chi connectivity index (χ0) is 21.7. The Bertz CT molecular complexity index is 1000. The Kier molecular flexibility index (Phi) is 6.84.